The van der Waals surface area contributed by atoms with Gasteiger partial charge in [-0.2, -0.15) is 14.8 Å². The van der Waals surface area contributed by atoms with Crippen molar-refractivity contribution in [1.29, 1.82) is 0 Å². The number of benzene rings is 1. The topological polar surface area (TPSA) is 195 Å². The van der Waals surface area contributed by atoms with Crippen molar-refractivity contribution in [2.45, 2.75) is 50.5 Å². The summed E-state index contributed by atoms with van der Waals surface area (Å²) >= 11 is 0. The summed E-state index contributed by atoms with van der Waals surface area (Å²) in [5.41, 5.74) is 7.76. The third-order valence-corrected chi connectivity index (χ3v) is 5.85. The maximum atomic E-state index is 10.7. The highest BCUT2D eigenvalue weighted by atomic mass is 16.6. The van der Waals surface area contributed by atoms with E-state index in [0.29, 0.717) is 24.1 Å². The number of aryl methyl sites for hydroxylation is 1. The molecule has 0 bridgehead atoms. The van der Waals surface area contributed by atoms with Gasteiger partial charge in [-0.25, -0.2) is 4.98 Å². The fourth-order valence-corrected chi connectivity index (χ4v) is 4.04. The maximum Gasteiger partial charge on any atom is 0.227 e. The summed E-state index contributed by atoms with van der Waals surface area (Å²) in [5, 5.41) is 46.3. The summed E-state index contributed by atoms with van der Waals surface area (Å²) in [6, 6.07) is 9.34. The van der Waals surface area contributed by atoms with Gasteiger partial charge >= 0.3 is 0 Å². The number of rotatable bonds is 8. The molecule has 35 heavy (non-hydrogen) atoms. The zero-order chi connectivity index (χ0) is 24.5. The molecule has 184 valence electrons. The fraction of sp³-hybridized carbons (Fsp3) is 0.429. The van der Waals surface area contributed by atoms with Gasteiger partial charge in [-0.1, -0.05) is 30.3 Å². The van der Waals surface area contributed by atoms with Crippen LogP contribution in [-0.2, 0) is 17.7 Å². The number of imidazole rings is 1. The van der Waals surface area contributed by atoms with Crippen molar-refractivity contribution in [2.75, 3.05) is 17.7 Å². The van der Waals surface area contributed by atoms with E-state index < -0.39 is 24.5 Å². The molecule has 0 amide bonds. The number of nitrogens with one attached hydrogen (secondary N) is 1. The van der Waals surface area contributed by atoms with Crippen LogP contribution in [0.5, 0.6) is 0 Å². The van der Waals surface area contributed by atoms with Crippen LogP contribution in [0.4, 0.5) is 11.8 Å². The van der Waals surface area contributed by atoms with Gasteiger partial charge in [0.25, 0.3) is 0 Å². The Hall–Kier alpha value is -3.72. The van der Waals surface area contributed by atoms with Gasteiger partial charge in [-0.05, 0) is 24.1 Å². The summed E-state index contributed by atoms with van der Waals surface area (Å²) < 4.78 is 7.40. The molecule has 5 atom stereocenters. The summed E-state index contributed by atoms with van der Waals surface area (Å²) in [6.45, 7) is 2.20. The Morgan fingerprint density at radius 2 is 1.97 bits per heavy atom. The smallest absolute Gasteiger partial charge is 0.227 e. The number of aliphatic hydroxyl groups is 3. The largest absolute Gasteiger partial charge is 0.394 e. The van der Waals surface area contributed by atoms with Crippen LogP contribution in [0.15, 0.2) is 36.7 Å². The van der Waals surface area contributed by atoms with Crippen molar-refractivity contribution < 1.29 is 20.1 Å². The van der Waals surface area contributed by atoms with Crippen molar-refractivity contribution in [3.63, 3.8) is 0 Å². The van der Waals surface area contributed by atoms with Crippen molar-refractivity contribution >= 4 is 22.9 Å². The number of nitrogens with zero attached hydrogens (tertiary/aromatic N) is 8. The van der Waals surface area contributed by atoms with E-state index in [4.69, 9.17) is 10.5 Å². The first-order valence-electron chi connectivity index (χ1n) is 11.2. The lowest BCUT2D eigenvalue weighted by Crippen LogP contribution is -2.29. The lowest BCUT2D eigenvalue weighted by molar-refractivity contribution is -0.0384. The zero-order valence-electron chi connectivity index (χ0n) is 18.9. The number of ether oxygens (including phenoxy) is 1. The molecule has 5 rings (SSSR count). The monoisotopic (exact) mass is 482 g/mol. The lowest BCUT2D eigenvalue weighted by Gasteiger charge is -2.18. The number of hydrogen-bond acceptors (Lipinski definition) is 12. The highest BCUT2D eigenvalue weighted by Crippen LogP contribution is 2.38. The molecule has 1 fully saturated rings. The minimum Gasteiger partial charge on any atom is -0.394 e. The van der Waals surface area contributed by atoms with E-state index >= 15 is 0 Å². The molecule has 1 aliphatic rings. The number of aromatic nitrogens is 8. The molecule has 1 aromatic carbocycles. The predicted octanol–water partition coefficient (Wildman–Crippen LogP) is -0.578. The first-order chi connectivity index (χ1) is 17.0. The average Bonchev–Trinajstić information content (AvgIpc) is 3.58. The van der Waals surface area contributed by atoms with Crippen LogP contribution in [-0.4, -0.2) is 79.9 Å². The molecule has 14 heteroatoms. The Morgan fingerprint density at radius 1 is 1.17 bits per heavy atom. The Morgan fingerprint density at radius 3 is 2.69 bits per heavy atom. The van der Waals surface area contributed by atoms with Crippen LogP contribution in [0.3, 0.4) is 0 Å². The second-order valence-corrected chi connectivity index (χ2v) is 8.23. The Labute approximate surface area is 199 Å². The lowest BCUT2D eigenvalue weighted by atomic mass is 10.1. The molecule has 14 nitrogen and oxygen atoms in total. The second-order valence-electron chi connectivity index (χ2n) is 8.23. The molecule has 0 spiro atoms. The average molecular weight is 483 g/mol. The van der Waals surface area contributed by atoms with Crippen LogP contribution in [0.2, 0.25) is 0 Å². The van der Waals surface area contributed by atoms with Gasteiger partial charge in [0.05, 0.1) is 25.5 Å². The van der Waals surface area contributed by atoms with Crippen LogP contribution in [0.1, 0.15) is 30.6 Å². The van der Waals surface area contributed by atoms with Crippen LogP contribution in [0.25, 0.3) is 11.2 Å². The van der Waals surface area contributed by atoms with Crippen LogP contribution in [0, 0.1) is 0 Å². The Balaban J connectivity index is 1.42. The Bertz CT molecular complexity index is 1300. The number of tetrazole rings is 1. The summed E-state index contributed by atoms with van der Waals surface area (Å²) in [4.78, 5) is 14.4. The number of hydrogen-bond donors (Lipinski definition) is 5. The number of nitrogens with two attached hydrogens (primary N) is 1. The molecule has 1 saturated heterocycles. The number of nitrogen functional groups attached to an aromatic ring is 1. The van der Waals surface area contributed by atoms with Crippen LogP contribution < -0.4 is 11.1 Å². The van der Waals surface area contributed by atoms with Gasteiger partial charge in [-0.3, -0.25) is 4.57 Å². The third kappa shape index (κ3) is 4.39. The van der Waals surface area contributed by atoms with Crippen molar-refractivity contribution in [2.24, 2.45) is 0 Å². The molecule has 0 saturated carbocycles. The first-order valence-corrected chi connectivity index (χ1v) is 11.2. The van der Waals surface area contributed by atoms with Gasteiger partial charge in [0.15, 0.2) is 23.8 Å². The van der Waals surface area contributed by atoms with Crippen molar-refractivity contribution in [1.82, 2.24) is 39.7 Å². The number of anilines is 2. The molecule has 4 heterocycles. The Kier molecular flexibility index (Phi) is 6.25. The maximum absolute atomic E-state index is 10.7. The zero-order valence-corrected chi connectivity index (χ0v) is 18.9. The molecule has 1 aliphatic heterocycles. The van der Waals surface area contributed by atoms with Gasteiger partial charge < -0.3 is 31.1 Å². The van der Waals surface area contributed by atoms with Crippen molar-refractivity contribution in [3.05, 3.63) is 48.0 Å². The second kappa shape index (κ2) is 9.50. The highest BCUT2D eigenvalue weighted by Gasteiger charge is 2.47. The van der Waals surface area contributed by atoms with E-state index in [9.17, 15) is 15.3 Å². The third-order valence-electron chi connectivity index (χ3n) is 5.85. The van der Waals surface area contributed by atoms with Crippen LogP contribution >= 0.6 is 0 Å². The van der Waals surface area contributed by atoms with Crippen molar-refractivity contribution in [3.8, 4) is 0 Å². The summed E-state index contributed by atoms with van der Waals surface area (Å²) in [5.74, 6) is 0.460. The van der Waals surface area contributed by atoms with Gasteiger partial charge in [0, 0.05) is 0 Å². The standard InChI is InChI=1S/C21H26N10O4/c1-2-31-28-18(27-29-31)16-14(33)15(34)20(35-16)30-10-23-13-17(22)25-21(26-19(13)30)24-12(9-32)8-11-6-4-3-5-7-11/h3-7,10,12,14-16,20,32-34H,2,8-9H2,1H3,(H3,22,24,25,26)/t12-,14?,15?,16?,20?/m0/s1. The van der Waals surface area contributed by atoms with E-state index in [2.05, 4.69) is 35.7 Å². The minimum atomic E-state index is -1.32. The number of fused-ring (bicyclic) bond motifs is 1. The first kappa shape index (κ1) is 23.0. The van der Waals surface area contributed by atoms with E-state index in [1.54, 1.807) is 0 Å². The van der Waals surface area contributed by atoms with Gasteiger partial charge in [-0.15, -0.1) is 10.2 Å². The molecule has 0 aliphatic carbocycles. The van der Waals surface area contributed by atoms with Gasteiger partial charge in [0.2, 0.25) is 11.8 Å². The minimum absolute atomic E-state index is 0.116. The van der Waals surface area contributed by atoms with E-state index in [0.717, 1.165) is 5.56 Å². The molecular formula is C21H26N10O4. The predicted molar refractivity (Wildman–Crippen MR) is 123 cm³/mol. The SMILES string of the molecule is CCn1nnc(C2OC(n3cnc4c(N)nc(N[C@H](CO)Cc5ccccc5)nc43)C(O)C2O)n1. The normalized spacial score (nSPS) is 23.1. The summed E-state index contributed by atoms with van der Waals surface area (Å²) in [7, 11) is 0. The molecular weight excluding hydrogens is 456 g/mol. The number of aliphatic hydroxyl groups excluding tert-OH is 3. The highest BCUT2D eigenvalue weighted by molar-refractivity contribution is 5.83. The molecule has 4 unspecified atom stereocenters. The fourth-order valence-electron chi connectivity index (χ4n) is 4.04. The molecule has 3 aromatic heterocycles. The summed E-state index contributed by atoms with van der Waals surface area (Å²) in [6.07, 6.45) is -2.69. The van der Waals surface area contributed by atoms with Gasteiger partial charge in [0.1, 0.15) is 17.7 Å². The van der Waals surface area contributed by atoms with E-state index in [1.165, 1.54) is 15.7 Å². The molecule has 6 N–H and O–H groups in total. The molecule has 4 aromatic rings. The van der Waals surface area contributed by atoms with E-state index in [1.807, 2.05) is 37.3 Å². The van der Waals surface area contributed by atoms with E-state index in [-0.39, 0.29) is 30.2 Å². The quantitative estimate of drug-likeness (QED) is 0.215. The molecule has 0 radical (unpaired) electrons.